The second-order valence-corrected chi connectivity index (χ2v) is 8.15. The van der Waals surface area contributed by atoms with E-state index in [2.05, 4.69) is 15.5 Å². The minimum atomic E-state index is -0.125. The summed E-state index contributed by atoms with van der Waals surface area (Å²) in [6.45, 7) is 2.78. The first-order valence-corrected chi connectivity index (χ1v) is 10.9. The Hall–Kier alpha value is -3.36. The van der Waals surface area contributed by atoms with Gasteiger partial charge in [0.25, 0.3) is 0 Å². The molecule has 1 saturated heterocycles. The fourth-order valence-electron chi connectivity index (χ4n) is 3.30. The van der Waals surface area contributed by atoms with Crippen LogP contribution in [0.3, 0.4) is 0 Å². The Morgan fingerprint density at radius 2 is 1.61 bits per heavy atom. The highest BCUT2D eigenvalue weighted by Gasteiger charge is 2.21. The summed E-state index contributed by atoms with van der Waals surface area (Å²) >= 11 is 1.35. The van der Waals surface area contributed by atoms with Gasteiger partial charge in [-0.3, -0.25) is 19.8 Å². The van der Waals surface area contributed by atoms with Crippen LogP contribution in [0.5, 0.6) is 0 Å². The maximum atomic E-state index is 12.4. The first kappa shape index (κ1) is 20.9. The van der Waals surface area contributed by atoms with Gasteiger partial charge in [-0.1, -0.05) is 72.0 Å². The number of carbonyl (C=O) groups is 2. The molecule has 1 fully saturated rings. The summed E-state index contributed by atoms with van der Waals surface area (Å²) in [4.78, 5) is 28.6. The predicted molar refractivity (Wildman–Crippen MR) is 122 cm³/mol. The Balaban J connectivity index is 1.23. The van der Waals surface area contributed by atoms with E-state index in [1.165, 1.54) is 11.3 Å². The number of hydrogen-bond acceptors (Lipinski definition) is 6. The van der Waals surface area contributed by atoms with E-state index in [0.29, 0.717) is 31.3 Å². The van der Waals surface area contributed by atoms with E-state index >= 15 is 0 Å². The third-order valence-corrected chi connectivity index (χ3v) is 5.85. The quantitative estimate of drug-likeness (QED) is 0.605. The molecule has 3 aromatic rings. The van der Waals surface area contributed by atoms with E-state index in [-0.39, 0.29) is 18.4 Å². The third kappa shape index (κ3) is 5.84. The number of nitrogens with zero attached hydrogens (tertiary/aromatic N) is 4. The molecule has 7 nitrogen and oxygen atoms in total. The fraction of sp³-hybridized carbons (Fsp3) is 0.217. The van der Waals surface area contributed by atoms with Crippen LogP contribution in [0.15, 0.2) is 66.7 Å². The number of piperazine rings is 1. The monoisotopic (exact) mass is 433 g/mol. The van der Waals surface area contributed by atoms with Gasteiger partial charge >= 0.3 is 0 Å². The van der Waals surface area contributed by atoms with Crippen molar-refractivity contribution in [2.45, 2.75) is 0 Å². The van der Waals surface area contributed by atoms with Crippen LogP contribution in [0.4, 0.5) is 5.13 Å². The van der Waals surface area contributed by atoms with Crippen molar-refractivity contribution in [2.24, 2.45) is 0 Å². The summed E-state index contributed by atoms with van der Waals surface area (Å²) in [5, 5.41) is 12.3. The van der Waals surface area contributed by atoms with E-state index in [1.54, 1.807) is 6.08 Å². The molecule has 1 aromatic heterocycles. The van der Waals surface area contributed by atoms with Crippen molar-refractivity contribution in [3.63, 3.8) is 0 Å². The SMILES string of the molecule is O=C(CN1CCN(C(=O)/C=C/c2ccccc2)CC1)Nc1nnc(-c2ccccc2)s1. The zero-order chi connectivity index (χ0) is 21.5. The van der Waals surface area contributed by atoms with Crippen LogP contribution in [0.1, 0.15) is 5.56 Å². The average molecular weight is 434 g/mol. The van der Waals surface area contributed by atoms with Crippen LogP contribution in [0, 0.1) is 0 Å². The van der Waals surface area contributed by atoms with Gasteiger partial charge in [-0.05, 0) is 11.6 Å². The molecule has 2 heterocycles. The van der Waals surface area contributed by atoms with Gasteiger partial charge in [-0.15, -0.1) is 10.2 Å². The minimum Gasteiger partial charge on any atom is -0.337 e. The van der Waals surface area contributed by atoms with E-state index < -0.39 is 0 Å². The number of amides is 2. The molecule has 0 radical (unpaired) electrons. The second kappa shape index (κ2) is 10.1. The van der Waals surface area contributed by atoms with Crippen LogP contribution >= 0.6 is 11.3 Å². The largest absolute Gasteiger partial charge is 0.337 e. The van der Waals surface area contributed by atoms with Gasteiger partial charge in [0.1, 0.15) is 5.01 Å². The first-order valence-electron chi connectivity index (χ1n) is 10.1. The van der Waals surface area contributed by atoms with Crippen molar-refractivity contribution in [1.29, 1.82) is 0 Å². The molecule has 1 N–H and O–H groups in total. The van der Waals surface area contributed by atoms with Crippen LogP contribution in [0.2, 0.25) is 0 Å². The van der Waals surface area contributed by atoms with Crippen LogP contribution in [-0.2, 0) is 9.59 Å². The summed E-state index contributed by atoms with van der Waals surface area (Å²) in [6, 6.07) is 19.5. The smallest absolute Gasteiger partial charge is 0.246 e. The van der Waals surface area contributed by atoms with Gasteiger partial charge in [-0.25, -0.2) is 0 Å². The maximum absolute atomic E-state index is 12.4. The van der Waals surface area contributed by atoms with Crippen molar-refractivity contribution in [3.05, 3.63) is 72.3 Å². The standard InChI is InChI=1S/C23H23N5O2S/c29-20(24-23-26-25-22(31-23)19-9-5-2-6-10-19)17-27-13-15-28(16-14-27)21(30)12-11-18-7-3-1-4-8-18/h1-12H,13-17H2,(H,24,26,29)/b12-11+. The number of rotatable bonds is 6. The topological polar surface area (TPSA) is 78.4 Å². The fourth-order valence-corrected chi connectivity index (χ4v) is 4.06. The lowest BCUT2D eigenvalue weighted by atomic mass is 10.2. The van der Waals surface area contributed by atoms with Crippen molar-refractivity contribution < 1.29 is 9.59 Å². The van der Waals surface area contributed by atoms with E-state index in [0.717, 1.165) is 16.1 Å². The summed E-state index contributed by atoms with van der Waals surface area (Å²) in [7, 11) is 0. The lowest BCUT2D eigenvalue weighted by Crippen LogP contribution is -2.50. The summed E-state index contributed by atoms with van der Waals surface area (Å²) in [6.07, 6.45) is 3.44. The molecule has 0 spiro atoms. The Morgan fingerprint density at radius 3 is 2.32 bits per heavy atom. The number of anilines is 1. The first-order chi connectivity index (χ1) is 15.2. The Kier molecular flexibility index (Phi) is 6.81. The molecule has 0 bridgehead atoms. The van der Waals surface area contributed by atoms with Gasteiger partial charge in [-0.2, -0.15) is 0 Å². The van der Waals surface area contributed by atoms with Crippen molar-refractivity contribution >= 4 is 34.4 Å². The molecule has 2 amide bonds. The molecule has 158 valence electrons. The van der Waals surface area contributed by atoms with Gasteiger partial charge < -0.3 is 4.90 Å². The Labute approximate surface area is 185 Å². The van der Waals surface area contributed by atoms with Gasteiger partial charge in [0, 0.05) is 37.8 Å². The van der Waals surface area contributed by atoms with Gasteiger partial charge in [0.15, 0.2) is 0 Å². The molecular weight excluding hydrogens is 410 g/mol. The van der Waals surface area contributed by atoms with Crippen molar-refractivity contribution in [1.82, 2.24) is 20.0 Å². The van der Waals surface area contributed by atoms with E-state index in [1.807, 2.05) is 76.5 Å². The highest BCUT2D eigenvalue weighted by atomic mass is 32.1. The van der Waals surface area contributed by atoms with E-state index in [9.17, 15) is 9.59 Å². The normalized spacial score (nSPS) is 14.6. The van der Waals surface area contributed by atoms with Crippen LogP contribution in [0.25, 0.3) is 16.6 Å². The minimum absolute atomic E-state index is 0.00439. The highest BCUT2D eigenvalue weighted by Crippen LogP contribution is 2.25. The Bertz CT molecular complexity index is 1040. The summed E-state index contributed by atoms with van der Waals surface area (Å²) in [5.74, 6) is -0.130. The van der Waals surface area contributed by atoms with E-state index in [4.69, 9.17) is 0 Å². The molecule has 0 unspecified atom stereocenters. The van der Waals surface area contributed by atoms with Crippen molar-refractivity contribution in [3.8, 4) is 10.6 Å². The molecule has 0 saturated carbocycles. The number of carbonyl (C=O) groups excluding carboxylic acids is 2. The molecular formula is C23H23N5O2S. The molecule has 31 heavy (non-hydrogen) atoms. The molecule has 4 rings (SSSR count). The third-order valence-electron chi connectivity index (χ3n) is 4.96. The lowest BCUT2D eigenvalue weighted by molar-refractivity contribution is -0.127. The second-order valence-electron chi connectivity index (χ2n) is 7.17. The molecule has 0 aliphatic carbocycles. The maximum Gasteiger partial charge on any atom is 0.246 e. The number of nitrogens with one attached hydrogen (secondary N) is 1. The molecule has 1 aliphatic heterocycles. The number of benzene rings is 2. The molecule has 8 heteroatoms. The molecule has 2 aromatic carbocycles. The number of hydrogen-bond donors (Lipinski definition) is 1. The summed E-state index contributed by atoms with van der Waals surface area (Å²) in [5.41, 5.74) is 1.97. The average Bonchev–Trinajstić information content (AvgIpc) is 3.27. The predicted octanol–water partition coefficient (Wildman–Crippen LogP) is 3.00. The highest BCUT2D eigenvalue weighted by molar-refractivity contribution is 7.18. The van der Waals surface area contributed by atoms with Gasteiger partial charge in [0.05, 0.1) is 6.54 Å². The number of aromatic nitrogens is 2. The van der Waals surface area contributed by atoms with Crippen LogP contribution in [-0.4, -0.2) is 64.5 Å². The summed E-state index contributed by atoms with van der Waals surface area (Å²) < 4.78 is 0. The van der Waals surface area contributed by atoms with Crippen LogP contribution < -0.4 is 5.32 Å². The molecule has 0 atom stereocenters. The zero-order valence-electron chi connectivity index (χ0n) is 17.0. The lowest BCUT2D eigenvalue weighted by Gasteiger charge is -2.33. The zero-order valence-corrected chi connectivity index (χ0v) is 17.8. The Morgan fingerprint density at radius 1 is 0.935 bits per heavy atom. The van der Waals surface area contributed by atoms with Crippen molar-refractivity contribution in [2.75, 3.05) is 38.0 Å². The molecule has 1 aliphatic rings. The van der Waals surface area contributed by atoms with Gasteiger partial charge in [0.2, 0.25) is 16.9 Å².